The summed E-state index contributed by atoms with van der Waals surface area (Å²) in [4.78, 5) is 0. The molecule has 1 aromatic heterocycles. The summed E-state index contributed by atoms with van der Waals surface area (Å²) in [6, 6.07) is 0. The summed E-state index contributed by atoms with van der Waals surface area (Å²) < 4.78 is 11.9. The number of rotatable bonds is 2. The van der Waals surface area contributed by atoms with Crippen LogP contribution in [0.1, 0.15) is 11.1 Å². The van der Waals surface area contributed by atoms with Crippen molar-refractivity contribution in [2.75, 3.05) is 0 Å². The van der Waals surface area contributed by atoms with Gasteiger partial charge in [0, 0.05) is 11.1 Å². The van der Waals surface area contributed by atoms with Gasteiger partial charge >= 0.3 is 0 Å². The van der Waals surface area contributed by atoms with Crippen molar-refractivity contribution in [3.8, 4) is 0 Å². The summed E-state index contributed by atoms with van der Waals surface area (Å²) in [7, 11) is -2.75. The first-order chi connectivity index (χ1) is 7.21. The molecule has 1 aromatic rings. The van der Waals surface area contributed by atoms with Crippen molar-refractivity contribution >= 4 is 26.9 Å². The van der Waals surface area contributed by atoms with Crippen LogP contribution in [-0.2, 0) is 18.0 Å². The Bertz CT molecular complexity index is 371. The Hall–Kier alpha value is -0.326. The Morgan fingerprint density at radius 3 is 1.44 bits per heavy atom. The molecule has 2 heterocycles. The summed E-state index contributed by atoms with van der Waals surface area (Å²) in [5.41, 5.74) is 2.77. The normalized spacial score (nSPS) is 16.6. The van der Waals surface area contributed by atoms with Crippen molar-refractivity contribution in [1.82, 2.24) is 0 Å². The Kier molecular flexibility index (Phi) is 2.72. The molecular weight excluding hydrogens is 232 g/mol. The van der Waals surface area contributed by atoms with Crippen molar-refractivity contribution in [3.05, 3.63) is 11.1 Å². The fourth-order valence-corrected chi connectivity index (χ4v) is 5.45. The molecule has 0 aliphatic carbocycles. The summed E-state index contributed by atoms with van der Waals surface area (Å²) in [5, 5.41) is 2.55. The Morgan fingerprint density at radius 1 is 0.750 bits per heavy atom. The molecule has 0 aromatic carbocycles. The second-order valence-corrected chi connectivity index (χ2v) is 16.6. The largest absolute Gasteiger partial charge is 0.476 e. The van der Waals surface area contributed by atoms with Crippen LogP contribution in [0.3, 0.4) is 0 Å². The third-order valence-electron chi connectivity index (χ3n) is 2.97. The van der Waals surface area contributed by atoms with Gasteiger partial charge in [-0.15, -0.1) is 0 Å². The second kappa shape index (κ2) is 3.58. The van der Waals surface area contributed by atoms with E-state index >= 15 is 0 Å². The van der Waals surface area contributed by atoms with Gasteiger partial charge in [-0.3, -0.25) is 0 Å². The number of furan rings is 1. The van der Waals surface area contributed by atoms with Crippen LogP contribution in [0.25, 0.3) is 0 Å². The van der Waals surface area contributed by atoms with Crippen molar-refractivity contribution in [2.45, 2.75) is 52.5 Å². The second-order valence-electron chi connectivity index (χ2n) is 6.71. The molecule has 90 valence electrons. The SMILES string of the molecule is C[Si](C)(C)c1oc([Si](C)(C)C)c2c1COC2. The van der Waals surface area contributed by atoms with E-state index < -0.39 is 16.1 Å². The maximum atomic E-state index is 6.26. The minimum Gasteiger partial charge on any atom is -0.476 e. The fraction of sp³-hybridized carbons (Fsp3) is 0.667. The molecule has 0 spiro atoms. The molecule has 4 heteroatoms. The van der Waals surface area contributed by atoms with Gasteiger partial charge in [-0.05, 0) is 0 Å². The van der Waals surface area contributed by atoms with Gasteiger partial charge in [0.15, 0.2) is 0 Å². The number of fused-ring (bicyclic) bond motifs is 1. The predicted octanol–water partition coefficient (Wildman–Crippen LogP) is 2.40. The third-order valence-corrected chi connectivity index (χ3v) is 6.50. The van der Waals surface area contributed by atoms with Gasteiger partial charge in [0.25, 0.3) is 0 Å². The molecule has 0 fully saturated rings. The van der Waals surface area contributed by atoms with Crippen LogP contribution in [-0.4, -0.2) is 16.1 Å². The van der Waals surface area contributed by atoms with Crippen LogP contribution < -0.4 is 10.8 Å². The molecule has 1 aliphatic heterocycles. The van der Waals surface area contributed by atoms with E-state index in [1.54, 1.807) is 0 Å². The highest BCUT2D eigenvalue weighted by atomic mass is 28.3. The van der Waals surface area contributed by atoms with Gasteiger partial charge in [-0.2, -0.15) is 0 Å². The van der Waals surface area contributed by atoms with Crippen LogP contribution in [0, 0.1) is 0 Å². The van der Waals surface area contributed by atoms with Gasteiger partial charge in [0.05, 0.1) is 24.0 Å². The minimum atomic E-state index is -1.37. The van der Waals surface area contributed by atoms with Crippen LogP contribution in [0.4, 0.5) is 0 Å². The zero-order valence-corrected chi connectivity index (χ0v) is 13.2. The molecule has 16 heavy (non-hydrogen) atoms. The van der Waals surface area contributed by atoms with E-state index in [1.807, 2.05) is 0 Å². The third kappa shape index (κ3) is 1.94. The molecule has 0 bridgehead atoms. The van der Waals surface area contributed by atoms with E-state index in [-0.39, 0.29) is 0 Å². The van der Waals surface area contributed by atoms with Gasteiger partial charge in [0.2, 0.25) is 0 Å². The lowest BCUT2D eigenvalue weighted by atomic mass is 10.2. The quantitative estimate of drug-likeness (QED) is 0.756. The zero-order chi connectivity index (χ0) is 12.1. The maximum absolute atomic E-state index is 6.26. The number of ether oxygens (including phenoxy) is 1. The zero-order valence-electron chi connectivity index (χ0n) is 11.2. The highest BCUT2D eigenvalue weighted by Crippen LogP contribution is 2.23. The molecule has 0 amide bonds. The van der Waals surface area contributed by atoms with Crippen molar-refractivity contribution in [3.63, 3.8) is 0 Å². The number of hydrogen-bond acceptors (Lipinski definition) is 2. The monoisotopic (exact) mass is 254 g/mol. The predicted molar refractivity (Wildman–Crippen MR) is 73.2 cm³/mol. The lowest BCUT2D eigenvalue weighted by Crippen LogP contribution is -2.42. The molecule has 0 atom stereocenters. The van der Waals surface area contributed by atoms with Crippen LogP contribution in [0.5, 0.6) is 0 Å². The molecule has 2 nitrogen and oxygen atoms in total. The summed E-state index contributed by atoms with van der Waals surface area (Å²) in [5.74, 6) is 0. The number of hydrogen-bond donors (Lipinski definition) is 0. The molecule has 0 saturated carbocycles. The van der Waals surface area contributed by atoms with E-state index in [0.717, 1.165) is 13.2 Å². The van der Waals surface area contributed by atoms with Crippen LogP contribution in [0.15, 0.2) is 4.42 Å². The first-order valence-electron chi connectivity index (χ1n) is 5.94. The summed E-state index contributed by atoms with van der Waals surface area (Å²) in [6.45, 7) is 15.6. The average molecular weight is 254 g/mol. The highest BCUT2D eigenvalue weighted by molar-refractivity contribution is 6.90. The smallest absolute Gasteiger partial charge is 0.123 e. The molecule has 0 saturated heterocycles. The molecule has 0 N–H and O–H groups in total. The van der Waals surface area contributed by atoms with E-state index in [1.165, 1.54) is 21.9 Å². The van der Waals surface area contributed by atoms with Crippen LogP contribution in [0.2, 0.25) is 39.3 Å². The fourth-order valence-electron chi connectivity index (χ4n) is 2.27. The maximum Gasteiger partial charge on any atom is 0.123 e. The molecular formula is C12H22O2Si2. The standard InChI is InChI=1S/C12H22O2Si2/c1-15(2,3)11-9-7-13-8-10(9)12(14-11)16(4,5)6/h7-8H2,1-6H3. The molecule has 2 rings (SSSR count). The van der Waals surface area contributed by atoms with E-state index in [2.05, 4.69) is 39.3 Å². The summed E-state index contributed by atoms with van der Waals surface area (Å²) in [6.07, 6.45) is 0. The van der Waals surface area contributed by atoms with E-state index in [0.29, 0.717) is 0 Å². The lowest BCUT2D eigenvalue weighted by molar-refractivity contribution is 0.133. The van der Waals surface area contributed by atoms with Gasteiger partial charge < -0.3 is 9.15 Å². The molecule has 0 unspecified atom stereocenters. The van der Waals surface area contributed by atoms with Gasteiger partial charge in [-0.1, -0.05) is 39.3 Å². The summed E-state index contributed by atoms with van der Waals surface area (Å²) >= 11 is 0. The van der Waals surface area contributed by atoms with Gasteiger partial charge in [0.1, 0.15) is 16.1 Å². The lowest BCUT2D eigenvalue weighted by Gasteiger charge is -2.17. The Labute approximate surface area is 100 Å². The van der Waals surface area contributed by atoms with Crippen molar-refractivity contribution < 1.29 is 9.15 Å². The van der Waals surface area contributed by atoms with Gasteiger partial charge in [-0.25, -0.2) is 0 Å². The van der Waals surface area contributed by atoms with E-state index in [4.69, 9.17) is 9.15 Å². The first-order valence-corrected chi connectivity index (χ1v) is 12.9. The highest BCUT2D eigenvalue weighted by Gasteiger charge is 2.36. The Morgan fingerprint density at radius 2 is 1.12 bits per heavy atom. The van der Waals surface area contributed by atoms with Crippen molar-refractivity contribution in [1.29, 1.82) is 0 Å². The van der Waals surface area contributed by atoms with Crippen LogP contribution >= 0.6 is 0 Å². The minimum absolute atomic E-state index is 0.767. The van der Waals surface area contributed by atoms with E-state index in [9.17, 15) is 0 Å². The molecule has 0 radical (unpaired) electrons. The topological polar surface area (TPSA) is 22.4 Å². The first kappa shape index (κ1) is 12.1. The Balaban J connectivity index is 2.59. The van der Waals surface area contributed by atoms with Crippen molar-refractivity contribution in [2.24, 2.45) is 0 Å². The average Bonchev–Trinajstić information content (AvgIpc) is 2.54. The molecule has 1 aliphatic rings.